The highest BCUT2D eigenvalue weighted by molar-refractivity contribution is 5.77. The van der Waals surface area contributed by atoms with Gasteiger partial charge in [-0.15, -0.1) is 0 Å². The van der Waals surface area contributed by atoms with Crippen LogP contribution in [0, 0.1) is 5.92 Å². The van der Waals surface area contributed by atoms with E-state index < -0.39 is 0 Å². The Morgan fingerprint density at radius 2 is 2.00 bits per heavy atom. The van der Waals surface area contributed by atoms with Crippen molar-refractivity contribution >= 4 is 5.91 Å². The largest absolute Gasteiger partial charge is 0.383 e. The van der Waals surface area contributed by atoms with Gasteiger partial charge >= 0.3 is 0 Å². The molecule has 0 aliphatic rings. The van der Waals surface area contributed by atoms with Crippen LogP contribution in [0.5, 0.6) is 0 Å². The minimum atomic E-state index is 0.153. The van der Waals surface area contributed by atoms with Crippen molar-refractivity contribution in [2.75, 3.05) is 53.5 Å². The normalized spacial score (nSPS) is 11.3. The Morgan fingerprint density at radius 3 is 2.50 bits per heavy atom. The van der Waals surface area contributed by atoms with Crippen LogP contribution in [-0.4, -0.2) is 69.2 Å². The predicted molar refractivity (Wildman–Crippen MR) is 74.5 cm³/mol. The Bertz CT molecular complexity index is 222. The molecule has 0 rings (SSSR count). The summed E-state index contributed by atoms with van der Waals surface area (Å²) in [6, 6.07) is 0. The molecule has 0 heterocycles. The van der Waals surface area contributed by atoms with Gasteiger partial charge in [-0.05, 0) is 18.9 Å². The van der Waals surface area contributed by atoms with Gasteiger partial charge in [0.15, 0.2) is 0 Å². The summed E-state index contributed by atoms with van der Waals surface area (Å²) in [7, 11) is 3.52. The summed E-state index contributed by atoms with van der Waals surface area (Å²) in [5.41, 5.74) is 5.44. The maximum atomic E-state index is 12.0. The van der Waals surface area contributed by atoms with E-state index in [1.54, 1.807) is 12.0 Å². The molecule has 0 unspecified atom stereocenters. The second-order valence-corrected chi connectivity index (χ2v) is 5.08. The van der Waals surface area contributed by atoms with Gasteiger partial charge in [0.25, 0.3) is 0 Å². The molecular formula is C13H29N3O2. The van der Waals surface area contributed by atoms with E-state index in [1.807, 2.05) is 7.05 Å². The SMILES string of the molecule is COCCN(CC(=O)N(C)CCCN)CC(C)C. The third-order valence-electron chi connectivity index (χ3n) is 2.72. The summed E-state index contributed by atoms with van der Waals surface area (Å²) < 4.78 is 5.08. The van der Waals surface area contributed by atoms with Crippen molar-refractivity contribution in [1.29, 1.82) is 0 Å². The zero-order valence-electron chi connectivity index (χ0n) is 12.3. The summed E-state index contributed by atoms with van der Waals surface area (Å²) in [5, 5.41) is 0. The van der Waals surface area contributed by atoms with Crippen molar-refractivity contribution in [3.63, 3.8) is 0 Å². The molecule has 0 aromatic heterocycles. The van der Waals surface area contributed by atoms with E-state index in [0.717, 1.165) is 26.1 Å². The number of carbonyl (C=O) groups is 1. The maximum absolute atomic E-state index is 12.0. The average Bonchev–Trinajstić information content (AvgIpc) is 2.32. The minimum absolute atomic E-state index is 0.153. The summed E-state index contributed by atoms with van der Waals surface area (Å²) >= 11 is 0. The van der Waals surface area contributed by atoms with Crippen LogP contribution in [0.15, 0.2) is 0 Å². The molecule has 0 aromatic carbocycles. The summed E-state index contributed by atoms with van der Waals surface area (Å²) in [6.45, 7) is 8.50. The summed E-state index contributed by atoms with van der Waals surface area (Å²) in [5.74, 6) is 0.698. The lowest BCUT2D eigenvalue weighted by atomic mass is 10.2. The van der Waals surface area contributed by atoms with E-state index in [0.29, 0.717) is 25.6 Å². The van der Waals surface area contributed by atoms with Gasteiger partial charge in [-0.2, -0.15) is 0 Å². The van der Waals surface area contributed by atoms with Crippen LogP contribution < -0.4 is 5.73 Å². The Labute approximate surface area is 111 Å². The number of likely N-dealkylation sites (N-methyl/N-ethyl adjacent to an activating group) is 1. The third-order valence-corrected chi connectivity index (χ3v) is 2.72. The smallest absolute Gasteiger partial charge is 0.236 e. The number of rotatable bonds is 10. The summed E-state index contributed by atoms with van der Waals surface area (Å²) in [4.78, 5) is 15.9. The number of methoxy groups -OCH3 is 1. The van der Waals surface area contributed by atoms with Crippen LogP contribution in [-0.2, 0) is 9.53 Å². The van der Waals surface area contributed by atoms with Crippen LogP contribution in [0.1, 0.15) is 20.3 Å². The molecule has 0 atom stereocenters. The van der Waals surface area contributed by atoms with Crippen molar-refractivity contribution < 1.29 is 9.53 Å². The van der Waals surface area contributed by atoms with Crippen LogP contribution in [0.4, 0.5) is 0 Å². The Balaban J connectivity index is 4.14. The summed E-state index contributed by atoms with van der Waals surface area (Å²) in [6.07, 6.45) is 0.852. The molecule has 5 nitrogen and oxygen atoms in total. The lowest BCUT2D eigenvalue weighted by molar-refractivity contribution is -0.131. The fourth-order valence-electron chi connectivity index (χ4n) is 1.74. The monoisotopic (exact) mass is 259 g/mol. The van der Waals surface area contributed by atoms with Gasteiger partial charge in [0, 0.05) is 33.8 Å². The zero-order chi connectivity index (χ0) is 14.0. The molecule has 0 saturated heterocycles. The lowest BCUT2D eigenvalue weighted by Crippen LogP contribution is -2.41. The van der Waals surface area contributed by atoms with Gasteiger partial charge in [0.1, 0.15) is 0 Å². The van der Waals surface area contributed by atoms with Gasteiger partial charge in [0.2, 0.25) is 5.91 Å². The number of hydrogen-bond acceptors (Lipinski definition) is 4. The van der Waals surface area contributed by atoms with Gasteiger partial charge in [-0.1, -0.05) is 13.8 Å². The van der Waals surface area contributed by atoms with Crippen molar-refractivity contribution in [2.45, 2.75) is 20.3 Å². The van der Waals surface area contributed by atoms with Gasteiger partial charge in [-0.3, -0.25) is 9.69 Å². The van der Waals surface area contributed by atoms with Crippen LogP contribution in [0.25, 0.3) is 0 Å². The first-order chi connectivity index (χ1) is 8.51. The third kappa shape index (κ3) is 8.44. The molecule has 0 aromatic rings. The fraction of sp³-hybridized carbons (Fsp3) is 0.923. The van der Waals surface area contributed by atoms with E-state index in [4.69, 9.17) is 10.5 Å². The van der Waals surface area contributed by atoms with Crippen LogP contribution >= 0.6 is 0 Å². The molecule has 0 fully saturated rings. The Kier molecular flexibility index (Phi) is 9.92. The van der Waals surface area contributed by atoms with Gasteiger partial charge in [0.05, 0.1) is 13.2 Å². The predicted octanol–water partition coefficient (Wildman–Crippen LogP) is 0.398. The molecular weight excluding hydrogens is 230 g/mol. The Hall–Kier alpha value is -0.650. The molecule has 5 heteroatoms. The molecule has 0 aliphatic heterocycles. The Morgan fingerprint density at radius 1 is 1.33 bits per heavy atom. The van der Waals surface area contributed by atoms with Crippen LogP contribution in [0.2, 0.25) is 0 Å². The maximum Gasteiger partial charge on any atom is 0.236 e. The van der Waals surface area contributed by atoms with E-state index >= 15 is 0 Å². The number of ether oxygens (including phenoxy) is 1. The van der Waals surface area contributed by atoms with Crippen LogP contribution in [0.3, 0.4) is 0 Å². The molecule has 0 aliphatic carbocycles. The second-order valence-electron chi connectivity index (χ2n) is 5.08. The van der Waals surface area contributed by atoms with Gasteiger partial charge < -0.3 is 15.4 Å². The highest BCUT2D eigenvalue weighted by Gasteiger charge is 2.14. The van der Waals surface area contributed by atoms with E-state index in [1.165, 1.54) is 0 Å². The molecule has 1 amide bonds. The zero-order valence-corrected chi connectivity index (χ0v) is 12.3. The molecule has 0 spiro atoms. The standard InChI is InChI=1S/C13H29N3O2/c1-12(2)10-16(8-9-18-4)11-13(17)15(3)7-5-6-14/h12H,5-11,14H2,1-4H3. The van der Waals surface area contributed by atoms with E-state index in [9.17, 15) is 4.79 Å². The number of hydrogen-bond donors (Lipinski definition) is 1. The van der Waals surface area contributed by atoms with Crippen molar-refractivity contribution in [3.8, 4) is 0 Å². The van der Waals surface area contributed by atoms with E-state index in [-0.39, 0.29) is 5.91 Å². The first kappa shape index (κ1) is 17.4. The van der Waals surface area contributed by atoms with E-state index in [2.05, 4.69) is 18.7 Å². The fourth-order valence-corrected chi connectivity index (χ4v) is 1.74. The number of nitrogens with zero attached hydrogens (tertiary/aromatic N) is 2. The highest BCUT2D eigenvalue weighted by Crippen LogP contribution is 2.00. The molecule has 0 radical (unpaired) electrons. The van der Waals surface area contributed by atoms with Crippen molar-refractivity contribution in [2.24, 2.45) is 11.7 Å². The first-order valence-corrected chi connectivity index (χ1v) is 6.66. The topological polar surface area (TPSA) is 58.8 Å². The average molecular weight is 259 g/mol. The first-order valence-electron chi connectivity index (χ1n) is 6.66. The highest BCUT2D eigenvalue weighted by atomic mass is 16.5. The number of nitrogens with two attached hydrogens (primary N) is 1. The molecule has 2 N–H and O–H groups in total. The quantitative estimate of drug-likeness (QED) is 0.617. The minimum Gasteiger partial charge on any atom is -0.383 e. The van der Waals surface area contributed by atoms with Gasteiger partial charge in [-0.25, -0.2) is 0 Å². The number of amides is 1. The molecule has 0 bridgehead atoms. The molecule has 108 valence electrons. The molecule has 18 heavy (non-hydrogen) atoms. The lowest BCUT2D eigenvalue weighted by Gasteiger charge is -2.26. The molecule has 0 saturated carbocycles. The number of carbonyl (C=O) groups excluding carboxylic acids is 1. The van der Waals surface area contributed by atoms with Crippen molar-refractivity contribution in [1.82, 2.24) is 9.80 Å². The van der Waals surface area contributed by atoms with Crippen molar-refractivity contribution in [3.05, 3.63) is 0 Å². The second kappa shape index (κ2) is 10.3.